The van der Waals surface area contributed by atoms with Crippen LogP contribution in [-0.2, 0) is 0 Å². The van der Waals surface area contributed by atoms with Crippen molar-refractivity contribution in [2.75, 3.05) is 0 Å². The first kappa shape index (κ1) is 27.8. The molecule has 0 fully saturated rings. The van der Waals surface area contributed by atoms with E-state index in [1.165, 1.54) is 32.8 Å². The van der Waals surface area contributed by atoms with E-state index in [-0.39, 0.29) is 0 Å². The number of hydrogen-bond donors (Lipinski definition) is 0. The van der Waals surface area contributed by atoms with Gasteiger partial charge in [-0.1, -0.05) is 115 Å². The highest BCUT2D eigenvalue weighted by molar-refractivity contribution is 6.15. The molecule has 0 N–H and O–H groups in total. The van der Waals surface area contributed by atoms with Crippen molar-refractivity contribution < 1.29 is 0 Å². The van der Waals surface area contributed by atoms with Crippen molar-refractivity contribution >= 4 is 32.4 Å². The van der Waals surface area contributed by atoms with Crippen LogP contribution in [0, 0.1) is 0 Å². The van der Waals surface area contributed by atoms with Crippen molar-refractivity contribution in [3.05, 3.63) is 176 Å². The van der Waals surface area contributed by atoms with Crippen LogP contribution in [-0.4, -0.2) is 15.0 Å². The third-order valence-electron chi connectivity index (χ3n) is 9.22. The number of benzene rings is 6. The van der Waals surface area contributed by atoms with Gasteiger partial charge in [0, 0.05) is 52.3 Å². The van der Waals surface area contributed by atoms with Crippen LogP contribution in [0.4, 0.5) is 0 Å². The van der Waals surface area contributed by atoms with Gasteiger partial charge >= 0.3 is 0 Å². The molecule has 0 aliphatic rings. The van der Waals surface area contributed by atoms with Gasteiger partial charge in [0.2, 0.25) is 0 Å². The second-order valence-corrected chi connectivity index (χ2v) is 12.1. The quantitative estimate of drug-likeness (QED) is 0.182. The van der Waals surface area contributed by atoms with Crippen molar-refractivity contribution in [3.8, 4) is 55.8 Å². The molecule has 3 aromatic heterocycles. The third kappa shape index (κ3) is 4.90. The molecule has 0 aliphatic carbocycles. The maximum absolute atomic E-state index is 5.27. The topological polar surface area (TPSA) is 38.7 Å². The predicted octanol–water partition coefficient (Wildman–Crippen LogP) is 11.7. The maximum Gasteiger partial charge on any atom is 0.0794 e. The molecule has 0 atom stereocenters. The molecule has 0 spiro atoms. The van der Waals surface area contributed by atoms with Gasteiger partial charge < -0.3 is 0 Å². The van der Waals surface area contributed by atoms with E-state index < -0.39 is 0 Å². The van der Waals surface area contributed by atoms with Gasteiger partial charge in [0.05, 0.1) is 11.2 Å². The molecule has 0 radical (unpaired) electrons. The molecule has 0 aliphatic heterocycles. The van der Waals surface area contributed by atoms with Gasteiger partial charge in [-0.3, -0.25) is 9.97 Å². The Morgan fingerprint density at radius 2 is 0.917 bits per heavy atom. The van der Waals surface area contributed by atoms with E-state index in [4.69, 9.17) is 4.98 Å². The highest BCUT2D eigenvalue weighted by Crippen LogP contribution is 2.42. The van der Waals surface area contributed by atoms with Gasteiger partial charge in [-0.05, 0) is 85.9 Å². The highest BCUT2D eigenvalue weighted by Gasteiger charge is 2.17. The lowest BCUT2D eigenvalue weighted by Gasteiger charge is -2.17. The van der Waals surface area contributed by atoms with Gasteiger partial charge in [0.25, 0.3) is 0 Å². The molecule has 0 unspecified atom stereocenters. The fraction of sp³-hybridized carbons (Fsp3) is 0. The number of nitrogens with zero attached hydrogens (tertiary/aromatic N) is 3. The monoisotopic (exact) mass is 611 g/mol. The fourth-order valence-corrected chi connectivity index (χ4v) is 6.91. The van der Waals surface area contributed by atoms with Gasteiger partial charge in [-0.2, -0.15) is 0 Å². The molecular weight excluding hydrogens is 583 g/mol. The fourth-order valence-electron chi connectivity index (χ4n) is 6.91. The van der Waals surface area contributed by atoms with Crippen LogP contribution in [0.5, 0.6) is 0 Å². The zero-order chi connectivity index (χ0) is 31.9. The van der Waals surface area contributed by atoms with Crippen LogP contribution < -0.4 is 0 Å². The number of pyridine rings is 3. The average molecular weight is 612 g/mol. The number of rotatable bonds is 5. The average Bonchev–Trinajstić information content (AvgIpc) is 3.18. The summed E-state index contributed by atoms with van der Waals surface area (Å²) in [4.78, 5) is 14.1. The lowest BCUT2D eigenvalue weighted by Crippen LogP contribution is -1.93. The van der Waals surface area contributed by atoms with Gasteiger partial charge in [-0.15, -0.1) is 0 Å². The van der Waals surface area contributed by atoms with Crippen molar-refractivity contribution in [2.24, 2.45) is 0 Å². The Bertz CT molecular complexity index is 2540. The smallest absolute Gasteiger partial charge is 0.0794 e. The first-order valence-corrected chi connectivity index (χ1v) is 16.2. The first-order chi connectivity index (χ1) is 23.8. The number of fused-ring (bicyclic) bond motifs is 4. The Labute approximate surface area is 278 Å². The second kappa shape index (κ2) is 11.7. The molecule has 9 rings (SSSR count). The van der Waals surface area contributed by atoms with E-state index in [1.807, 2.05) is 36.9 Å². The van der Waals surface area contributed by atoms with Gasteiger partial charge in [-0.25, -0.2) is 4.98 Å². The normalized spacial score (nSPS) is 11.3. The summed E-state index contributed by atoms with van der Waals surface area (Å²) in [6, 6.07) is 54.0. The summed E-state index contributed by atoms with van der Waals surface area (Å²) in [5, 5.41) is 5.88. The lowest BCUT2D eigenvalue weighted by molar-refractivity contribution is 1.32. The van der Waals surface area contributed by atoms with Crippen molar-refractivity contribution in [1.82, 2.24) is 15.0 Å². The van der Waals surface area contributed by atoms with E-state index >= 15 is 0 Å². The lowest BCUT2D eigenvalue weighted by atomic mass is 9.88. The molecule has 0 amide bonds. The molecule has 0 saturated carbocycles. The molecule has 3 nitrogen and oxygen atoms in total. The summed E-state index contributed by atoms with van der Waals surface area (Å²) in [5.74, 6) is 0. The summed E-state index contributed by atoms with van der Waals surface area (Å²) in [6.07, 6.45) is 7.48. The Hall–Kier alpha value is -6.45. The highest BCUT2D eigenvalue weighted by atomic mass is 14.7. The molecule has 9 aromatic rings. The predicted molar refractivity (Wildman–Crippen MR) is 200 cm³/mol. The Balaban J connectivity index is 1.30. The molecular formula is C45H29N3. The minimum absolute atomic E-state index is 0.966. The van der Waals surface area contributed by atoms with Crippen LogP contribution in [0.3, 0.4) is 0 Å². The van der Waals surface area contributed by atoms with Crippen molar-refractivity contribution in [3.63, 3.8) is 0 Å². The van der Waals surface area contributed by atoms with E-state index in [2.05, 4.69) is 149 Å². The Morgan fingerprint density at radius 3 is 1.60 bits per heavy atom. The minimum Gasteiger partial charge on any atom is -0.264 e. The first-order valence-electron chi connectivity index (χ1n) is 16.2. The SMILES string of the molecule is c1ccc(-c2cc(-c3ccc(-c4cc(-c5cccnc5)cc(-c5cccnc5)c4)c4ccccc34)c3ccc4ccccc4c3n2)cc1. The maximum atomic E-state index is 5.27. The largest absolute Gasteiger partial charge is 0.264 e. The Kier molecular flexibility index (Phi) is 6.80. The standard InChI is InChI=1S/C45H29N3/c1-2-11-31(12-3-1)44-27-43(42-19-18-30-10-4-5-15-38(30)45(42)48-44)41-21-20-37(39-16-6-7-17-40(39)41)36-25-34(32-13-8-22-46-28-32)24-35(26-36)33-14-9-23-47-29-33/h1-29H. The second-order valence-electron chi connectivity index (χ2n) is 12.1. The molecule has 224 valence electrons. The van der Waals surface area contributed by atoms with Crippen LogP contribution in [0.25, 0.3) is 88.2 Å². The molecule has 3 heteroatoms. The van der Waals surface area contributed by atoms with E-state index in [1.54, 1.807) is 0 Å². The zero-order valence-electron chi connectivity index (χ0n) is 26.1. The number of hydrogen-bond acceptors (Lipinski definition) is 3. The minimum atomic E-state index is 0.966. The van der Waals surface area contributed by atoms with Crippen LogP contribution in [0.2, 0.25) is 0 Å². The molecule has 3 heterocycles. The summed E-state index contributed by atoms with van der Waals surface area (Å²) >= 11 is 0. The Morgan fingerprint density at radius 1 is 0.333 bits per heavy atom. The van der Waals surface area contributed by atoms with Crippen LogP contribution in [0.1, 0.15) is 0 Å². The third-order valence-corrected chi connectivity index (χ3v) is 9.22. The molecule has 6 aromatic carbocycles. The molecule has 48 heavy (non-hydrogen) atoms. The van der Waals surface area contributed by atoms with Gasteiger partial charge in [0.15, 0.2) is 0 Å². The zero-order valence-corrected chi connectivity index (χ0v) is 26.1. The summed E-state index contributed by atoms with van der Waals surface area (Å²) in [7, 11) is 0. The summed E-state index contributed by atoms with van der Waals surface area (Å²) in [5.41, 5.74) is 12.2. The number of aromatic nitrogens is 3. The van der Waals surface area contributed by atoms with Crippen LogP contribution >= 0.6 is 0 Å². The summed E-state index contributed by atoms with van der Waals surface area (Å²) < 4.78 is 0. The van der Waals surface area contributed by atoms with Crippen LogP contribution in [0.15, 0.2) is 176 Å². The summed E-state index contributed by atoms with van der Waals surface area (Å²) in [6.45, 7) is 0. The van der Waals surface area contributed by atoms with Crippen molar-refractivity contribution in [2.45, 2.75) is 0 Å². The van der Waals surface area contributed by atoms with E-state index in [9.17, 15) is 0 Å². The van der Waals surface area contributed by atoms with Gasteiger partial charge in [0.1, 0.15) is 0 Å². The van der Waals surface area contributed by atoms with E-state index in [0.29, 0.717) is 0 Å². The van der Waals surface area contributed by atoms with Crippen molar-refractivity contribution in [1.29, 1.82) is 0 Å². The molecule has 0 saturated heterocycles. The van der Waals surface area contributed by atoms with E-state index in [0.717, 1.165) is 55.4 Å². The molecule has 0 bridgehead atoms.